The van der Waals surface area contributed by atoms with E-state index in [1.807, 2.05) is 17.8 Å². The first-order chi connectivity index (χ1) is 5.70. The number of anilines is 1. The van der Waals surface area contributed by atoms with Gasteiger partial charge in [-0.25, -0.2) is 4.98 Å². The fourth-order valence-electron chi connectivity index (χ4n) is 0.843. The van der Waals surface area contributed by atoms with E-state index in [1.54, 1.807) is 12.5 Å². The van der Waals surface area contributed by atoms with Crippen molar-refractivity contribution in [1.82, 2.24) is 9.55 Å². The van der Waals surface area contributed by atoms with Gasteiger partial charge in [-0.05, 0) is 0 Å². The largest absolute Gasteiger partial charge is 0.355 e. The van der Waals surface area contributed by atoms with Gasteiger partial charge < -0.3 is 9.88 Å². The van der Waals surface area contributed by atoms with E-state index in [2.05, 4.69) is 10.3 Å². The summed E-state index contributed by atoms with van der Waals surface area (Å²) >= 11 is 0. The average molecular weight is 187 g/mol. The second-order valence-corrected chi connectivity index (χ2v) is 4.12. The molecule has 0 aromatic carbocycles. The van der Waals surface area contributed by atoms with Crippen molar-refractivity contribution < 1.29 is 4.21 Å². The van der Waals surface area contributed by atoms with Crippen molar-refractivity contribution in [2.24, 2.45) is 7.05 Å². The van der Waals surface area contributed by atoms with Gasteiger partial charge in [0.05, 0.1) is 0 Å². The third-order valence-corrected chi connectivity index (χ3v) is 2.27. The molecule has 1 aromatic heterocycles. The van der Waals surface area contributed by atoms with Crippen LogP contribution in [0.5, 0.6) is 0 Å². The second kappa shape index (κ2) is 4.25. The summed E-state index contributed by atoms with van der Waals surface area (Å²) in [7, 11) is 1.18. The molecule has 1 heterocycles. The monoisotopic (exact) mass is 187 g/mol. The number of imidazole rings is 1. The third-order valence-electron chi connectivity index (χ3n) is 1.49. The number of nitrogens with one attached hydrogen (secondary N) is 1. The van der Waals surface area contributed by atoms with E-state index in [4.69, 9.17) is 0 Å². The van der Waals surface area contributed by atoms with E-state index in [0.717, 1.165) is 5.95 Å². The summed E-state index contributed by atoms with van der Waals surface area (Å²) in [6.07, 6.45) is 5.29. The Bertz CT molecular complexity index is 271. The Morgan fingerprint density at radius 3 is 3.00 bits per heavy atom. The zero-order valence-electron chi connectivity index (χ0n) is 7.28. The lowest BCUT2D eigenvalue weighted by molar-refractivity contribution is 0.686. The molecule has 1 unspecified atom stereocenters. The number of nitrogens with zero attached hydrogens (tertiary/aromatic N) is 2. The Morgan fingerprint density at radius 1 is 1.75 bits per heavy atom. The molecule has 1 rings (SSSR count). The molecule has 0 aliphatic heterocycles. The van der Waals surface area contributed by atoms with Crippen LogP contribution in [0, 0.1) is 0 Å². The van der Waals surface area contributed by atoms with Crippen LogP contribution in [0.15, 0.2) is 12.4 Å². The van der Waals surface area contributed by atoms with Crippen molar-refractivity contribution in [3.63, 3.8) is 0 Å². The van der Waals surface area contributed by atoms with Crippen molar-refractivity contribution >= 4 is 16.7 Å². The van der Waals surface area contributed by atoms with Crippen molar-refractivity contribution in [3.8, 4) is 0 Å². The topological polar surface area (TPSA) is 46.9 Å². The lowest BCUT2D eigenvalue weighted by atomic mass is 10.7. The molecular formula is C7H13N3OS. The summed E-state index contributed by atoms with van der Waals surface area (Å²) in [5.74, 6) is 1.48. The normalized spacial score (nSPS) is 12.8. The minimum Gasteiger partial charge on any atom is -0.355 e. The smallest absolute Gasteiger partial charge is 0.202 e. The van der Waals surface area contributed by atoms with Crippen molar-refractivity contribution in [2.75, 3.05) is 23.9 Å². The molecule has 0 amide bonds. The second-order valence-electron chi connectivity index (χ2n) is 2.57. The third kappa shape index (κ3) is 2.65. The van der Waals surface area contributed by atoms with Gasteiger partial charge in [0, 0.05) is 48.8 Å². The molecule has 1 atom stereocenters. The van der Waals surface area contributed by atoms with Gasteiger partial charge >= 0.3 is 0 Å². The molecule has 1 N–H and O–H groups in total. The van der Waals surface area contributed by atoms with E-state index in [1.165, 1.54) is 0 Å². The van der Waals surface area contributed by atoms with Gasteiger partial charge in [-0.3, -0.25) is 4.21 Å². The molecular weight excluding hydrogens is 174 g/mol. The highest BCUT2D eigenvalue weighted by molar-refractivity contribution is 7.84. The van der Waals surface area contributed by atoms with Crippen LogP contribution in [0.2, 0.25) is 0 Å². The molecule has 0 saturated carbocycles. The molecule has 0 fully saturated rings. The van der Waals surface area contributed by atoms with E-state index in [-0.39, 0.29) is 0 Å². The van der Waals surface area contributed by atoms with Crippen LogP contribution >= 0.6 is 0 Å². The highest BCUT2D eigenvalue weighted by Gasteiger charge is 1.96. The standard InChI is InChI=1S/C7H13N3OS/c1-10-5-3-8-7(10)9-4-6-12(2)11/h3,5H,4,6H2,1-2H3,(H,8,9). The summed E-state index contributed by atoms with van der Waals surface area (Å²) in [6, 6.07) is 0. The van der Waals surface area contributed by atoms with Crippen LogP contribution < -0.4 is 5.32 Å². The van der Waals surface area contributed by atoms with E-state index < -0.39 is 10.8 Å². The highest BCUT2D eigenvalue weighted by Crippen LogP contribution is 1.99. The average Bonchev–Trinajstić information content (AvgIpc) is 2.36. The number of aromatic nitrogens is 2. The van der Waals surface area contributed by atoms with E-state index in [0.29, 0.717) is 12.3 Å². The molecule has 12 heavy (non-hydrogen) atoms. The number of hydrogen-bond acceptors (Lipinski definition) is 3. The highest BCUT2D eigenvalue weighted by atomic mass is 32.2. The molecule has 0 aliphatic carbocycles. The molecule has 4 nitrogen and oxygen atoms in total. The van der Waals surface area contributed by atoms with Crippen LogP contribution in [-0.4, -0.2) is 32.3 Å². The Balaban J connectivity index is 2.33. The van der Waals surface area contributed by atoms with Gasteiger partial charge in [-0.1, -0.05) is 0 Å². The quantitative estimate of drug-likeness (QED) is 0.733. The Hall–Kier alpha value is -0.840. The van der Waals surface area contributed by atoms with Gasteiger partial charge in [0.1, 0.15) is 0 Å². The first-order valence-corrected chi connectivity index (χ1v) is 5.44. The molecule has 0 aliphatic rings. The first kappa shape index (κ1) is 9.25. The van der Waals surface area contributed by atoms with Crippen LogP contribution in [0.4, 0.5) is 5.95 Å². The predicted molar refractivity (Wildman–Crippen MR) is 50.6 cm³/mol. The maximum atomic E-state index is 10.7. The van der Waals surface area contributed by atoms with Crippen molar-refractivity contribution in [2.45, 2.75) is 0 Å². The van der Waals surface area contributed by atoms with Crippen LogP contribution in [0.1, 0.15) is 0 Å². The maximum Gasteiger partial charge on any atom is 0.202 e. The van der Waals surface area contributed by atoms with Crippen LogP contribution in [0.3, 0.4) is 0 Å². The minimum absolute atomic E-state index is 0.660. The van der Waals surface area contributed by atoms with Crippen LogP contribution in [-0.2, 0) is 17.8 Å². The van der Waals surface area contributed by atoms with Gasteiger partial charge in [0.2, 0.25) is 5.95 Å². The number of rotatable bonds is 4. The molecule has 0 radical (unpaired) electrons. The SMILES string of the molecule is Cn1ccnc1NCCS(C)=O. The predicted octanol–water partition coefficient (Wildman–Crippen LogP) is 0.210. The van der Waals surface area contributed by atoms with E-state index >= 15 is 0 Å². The minimum atomic E-state index is -0.733. The van der Waals surface area contributed by atoms with Gasteiger partial charge in [-0.15, -0.1) is 0 Å². The summed E-state index contributed by atoms with van der Waals surface area (Å²) in [5, 5.41) is 3.08. The fraction of sp³-hybridized carbons (Fsp3) is 0.571. The summed E-state index contributed by atoms with van der Waals surface area (Å²) < 4.78 is 12.6. The van der Waals surface area contributed by atoms with Gasteiger partial charge in [0.25, 0.3) is 0 Å². The summed E-state index contributed by atoms with van der Waals surface area (Å²) in [6.45, 7) is 0.702. The van der Waals surface area contributed by atoms with E-state index in [9.17, 15) is 4.21 Å². The first-order valence-electron chi connectivity index (χ1n) is 3.71. The molecule has 0 spiro atoms. The van der Waals surface area contributed by atoms with Crippen molar-refractivity contribution in [1.29, 1.82) is 0 Å². The zero-order valence-corrected chi connectivity index (χ0v) is 8.10. The Kier molecular flexibility index (Phi) is 3.28. The van der Waals surface area contributed by atoms with Gasteiger partial charge in [-0.2, -0.15) is 0 Å². The lowest BCUT2D eigenvalue weighted by Crippen LogP contribution is -2.12. The summed E-state index contributed by atoms with van der Waals surface area (Å²) in [4.78, 5) is 4.07. The molecule has 1 aromatic rings. The zero-order chi connectivity index (χ0) is 8.97. The Labute approximate surface area is 74.5 Å². The van der Waals surface area contributed by atoms with Crippen molar-refractivity contribution in [3.05, 3.63) is 12.4 Å². The number of hydrogen-bond donors (Lipinski definition) is 1. The molecule has 0 bridgehead atoms. The number of aryl methyl sites for hydroxylation is 1. The molecule has 5 heteroatoms. The van der Waals surface area contributed by atoms with Gasteiger partial charge in [0.15, 0.2) is 0 Å². The van der Waals surface area contributed by atoms with Crippen LogP contribution in [0.25, 0.3) is 0 Å². The Morgan fingerprint density at radius 2 is 2.50 bits per heavy atom. The molecule has 0 saturated heterocycles. The fourth-order valence-corrected chi connectivity index (χ4v) is 1.23. The maximum absolute atomic E-state index is 10.7. The molecule has 68 valence electrons. The summed E-state index contributed by atoms with van der Waals surface area (Å²) in [5.41, 5.74) is 0. The lowest BCUT2D eigenvalue weighted by Gasteiger charge is -2.03.